The number of nitrogens with zero attached hydrogens (tertiary/aromatic N) is 2. The first-order chi connectivity index (χ1) is 10.8. The maximum atomic E-state index is 12.4. The summed E-state index contributed by atoms with van der Waals surface area (Å²) < 4.78 is 5.58. The highest BCUT2D eigenvalue weighted by atomic mass is 16.3. The topological polar surface area (TPSA) is 46.3 Å². The van der Waals surface area contributed by atoms with E-state index >= 15 is 0 Å². The molecule has 4 nitrogen and oxygen atoms in total. The third kappa shape index (κ3) is 2.19. The van der Waals surface area contributed by atoms with Crippen molar-refractivity contribution in [2.45, 2.75) is 6.42 Å². The van der Waals surface area contributed by atoms with Crippen LogP contribution < -0.4 is 4.90 Å². The predicted octanol–water partition coefficient (Wildman–Crippen LogP) is 3.43. The zero-order chi connectivity index (χ0) is 14.9. The van der Waals surface area contributed by atoms with Crippen molar-refractivity contribution >= 4 is 28.8 Å². The monoisotopic (exact) mass is 290 g/mol. The highest BCUT2D eigenvalue weighted by molar-refractivity contribution is 6.04. The van der Waals surface area contributed by atoms with E-state index in [2.05, 4.69) is 11.1 Å². The Labute approximate surface area is 127 Å². The van der Waals surface area contributed by atoms with Crippen molar-refractivity contribution < 1.29 is 9.21 Å². The molecule has 0 saturated carbocycles. The van der Waals surface area contributed by atoms with Crippen LogP contribution in [0.1, 0.15) is 11.5 Å². The fourth-order valence-corrected chi connectivity index (χ4v) is 2.76. The summed E-state index contributed by atoms with van der Waals surface area (Å²) in [5.41, 5.74) is 3.73. The van der Waals surface area contributed by atoms with Gasteiger partial charge in [0.1, 0.15) is 5.52 Å². The Kier molecular flexibility index (Phi) is 3.00. The Morgan fingerprint density at radius 2 is 1.95 bits per heavy atom. The number of hydrogen-bond donors (Lipinski definition) is 0. The molecule has 0 saturated heterocycles. The minimum atomic E-state index is -0.0489. The van der Waals surface area contributed by atoms with Crippen molar-refractivity contribution in [3.05, 3.63) is 66.1 Å². The predicted molar refractivity (Wildman–Crippen MR) is 85.5 cm³/mol. The van der Waals surface area contributed by atoms with Gasteiger partial charge in [0, 0.05) is 24.4 Å². The van der Waals surface area contributed by atoms with Crippen LogP contribution in [0.15, 0.2) is 59.0 Å². The fraction of sp³-hybridized carbons (Fsp3) is 0.111. The van der Waals surface area contributed by atoms with Crippen LogP contribution in [0.3, 0.4) is 0 Å². The van der Waals surface area contributed by atoms with Crippen molar-refractivity contribution in [1.82, 2.24) is 4.98 Å². The number of amides is 1. The molecule has 1 aliphatic heterocycles. The molecule has 3 aromatic rings. The lowest BCUT2D eigenvalue weighted by molar-refractivity contribution is -0.114. The van der Waals surface area contributed by atoms with Gasteiger partial charge in [-0.1, -0.05) is 30.3 Å². The van der Waals surface area contributed by atoms with Crippen LogP contribution in [0.25, 0.3) is 17.2 Å². The van der Waals surface area contributed by atoms with Crippen LogP contribution in [-0.4, -0.2) is 17.4 Å². The molecule has 22 heavy (non-hydrogen) atoms. The van der Waals surface area contributed by atoms with Crippen molar-refractivity contribution in [1.29, 1.82) is 0 Å². The lowest BCUT2D eigenvalue weighted by Gasteiger charge is -2.14. The molecule has 0 aliphatic carbocycles. The molecule has 108 valence electrons. The first kappa shape index (κ1) is 12.8. The number of oxazole rings is 1. The standard InChI is InChI=1S/C18H14N2O2/c21-18(20-12-11-13-5-1-3-7-15(13)20)10-9-17-19-14-6-2-4-8-16(14)22-17/h1-10H,11-12H2. The van der Waals surface area contributed by atoms with E-state index in [1.807, 2.05) is 42.5 Å². The molecule has 0 radical (unpaired) electrons. The smallest absolute Gasteiger partial charge is 0.251 e. The number of rotatable bonds is 2. The molecule has 0 bridgehead atoms. The van der Waals surface area contributed by atoms with Gasteiger partial charge in [-0.2, -0.15) is 0 Å². The van der Waals surface area contributed by atoms with E-state index in [-0.39, 0.29) is 5.91 Å². The third-order valence-corrected chi connectivity index (χ3v) is 3.83. The number of anilines is 1. The molecule has 4 heteroatoms. The second-order valence-corrected chi connectivity index (χ2v) is 5.22. The molecule has 0 fully saturated rings. The quantitative estimate of drug-likeness (QED) is 0.679. The van der Waals surface area contributed by atoms with Crippen LogP contribution in [0, 0.1) is 0 Å². The van der Waals surface area contributed by atoms with Crippen LogP contribution in [0.5, 0.6) is 0 Å². The Bertz CT molecular complexity index is 846. The van der Waals surface area contributed by atoms with Gasteiger partial charge in [0.25, 0.3) is 5.91 Å². The number of carbonyl (C=O) groups excluding carboxylic acids is 1. The molecule has 0 spiro atoms. The van der Waals surface area contributed by atoms with Gasteiger partial charge in [-0.15, -0.1) is 0 Å². The molecular weight excluding hydrogens is 276 g/mol. The van der Waals surface area contributed by atoms with E-state index in [0.717, 1.165) is 29.8 Å². The summed E-state index contributed by atoms with van der Waals surface area (Å²) in [6, 6.07) is 15.5. The minimum Gasteiger partial charge on any atom is -0.437 e. The summed E-state index contributed by atoms with van der Waals surface area (Å²) in [6.45, 7) is 0.718. The first-order valence-electron chi connectivity index (χ1n) is 7.24. The van der Waals surface area contributed by atoms with Crippen molar-refractivity contribution in [2.24, 2.45) is 0 Å². The van der Waals surface area contributed by atoms with Crippen molar-refractivity contribution in [2.75, 3.05) is 11.4 Å². The van der Waals surface area contributed by atoms with Crippen LogP contribution in [0.4, 0.5) is 5.69 Å². The van der Waals surface area contributed by atoms with Crippen LogP contribution in [-0.2, 0) is 11.2 Å². The SMILES string of the molecule is O=C(C=Cc1nc2ccccc2o1)N1CCc2ccccc21. The zero-order valence-electron chi connectivity index (χ0n) is 11.9. The summed E-state index contributed by atoms with van der Waals surface area (Å²) >= 11 is 0. The van der Waals surface area contributed by atoms with Gasteiger partial charge >= 0.3 is 0 Å². The Morgan fingerprint density at radius 3 is 2.86 bits per heavy atom. The summed E-state index contributed by atoms with van der Waals surface area (Å²) in [5, 5.41) is 0. The highest BCUT2D eigenvalue weighted by Gasteiger charge is 2.22. The zero-order valence-corrected chi connectivity index (χ0v) is 11.9. The molecule has 1 amide bonds. The maximum Gasteiger partial charge on any atom is 0.251 e. The molecule has 2 aromatic carbocycles. The van der Waals surface area contributed by atoms with E-state index in [1.54, 1.807) is 11.0 Å². The minimum absolute atomic E-state index is 0.0489. The average Bonchev–Trinajstić information content (AvgIpc) is 3.16. The van der Waals surface area contributed by atoms with Gasteiger partial charge in [-0.25, -0.2) is 4.98 Å². The Hall–Kier alpha value is -2.88. The van der Waals surface area contributed by atoms with E-state index in [9.17, 15) is 4.79 Å². The molecule has 1 aromatic heterocycles. The van der Waals surface area contributed by atoms with Gasteiger partial charge in [-0.05, 0) is 30.2 Å². The highest BCUT2D eigenvalue weighted by Crippen LogP contribution is 2.27. The van der Waals surface area contributed by atoms with Gasteiger partial charge in [-0.3, -0.25) is 4.79 Å². The number of aromatic nitrogens is 1. The van der Waals surface area contributed by atoms with E-state index in [4.69, 9.17) is 4.42 Å². The number of carbonyl (C=O) groups is 1. The van der Waals surface area contributed by atoms with E-state index in [0.29, 0.717) is 5.89 Å². The Morgan fingerprint density at radius 1 is 1.14 bits per heavy atom. The second-order valence-electron chi connectivity index (χ2n) is 5.22. The largest absolute Gasteiger partial charge is 0.437 e. The maximum absolute atomic E-state index is 12.4. The van der Waals surface area contributed by atoms with Crippen molar-refractivity contribution in [3.63, 3.8) is 0 Å². The molecule has 2 heterocycles. The number of para-hydroxylation sites is 3. The first-order valence-corrected chi connectivity index (χ1v) is 7.24. The fourth-order valence-electron chi connectivity index (χ4n) is 2.76. The van der Waals surface area contributed by atoms with Gasteiger partial charge in [0.15, 0.2) is 5.58 Å². The summed E-state index contributed by atoms with van der Waals surface area (Å²) in [7, 11) is 0. The van der Waals surface area contributed by atoms with Crippen molar-refractivity contribution in [3.8, 4) is 0 Å². The molecule has 0 unspecified atom stereocenters. The van der Waals surface area contributed by atoms with Crippen LogP contribution >= 0.6 is 0 Å². The average molecular weight is 290 g/mol. The van der Waals surface area contributed by atoms with Gasteiger partial charge in [0.2, 0.25) is 5.89 Å². The lowest BCUT2D eigenvalue weighted by atomic mass is 10.2. The molecule has 1 aliphatic rings. The summed E-state index contributed by atoms with van der Waals surface area (Å²) in [4.78, 5) is 18.5. The number of benzene rings is 2. The van der Waals surface area contributed by atoms with E-state index in [1.165, 1.54) is 11.6 Å². The Balaban J connectivity index is 1.57. The number of hydrogen-bond acceptors (Lipinski definition) is 3. The molecule has 0 atom stereocenters. The normalized spacial score (nSPS) is 13.9. The van der Waals surface area contributed by atoms with Gasteiger partial charge in [0.05, 0.1) is 0 Å². The number of fused-ring (bicyclic) bond motifs is 2. The van der Waals surface area contributed by atoms with E-state index < -0.39 is 0 Å². The molecular formula is C18H14N2O2. The molecule has 0 N–H and O–H groups in total. The lowest BCUT2D eigenvalue weighted by Crippen LogP contribution is -2.26. The third-order valence-electron chi connectivity index (χ3n) is 3.83. The summed E-state index contributed by atoms with van der Waals surface area (Å²) in [5.74, 6) is 0.397. The second kappa shape index (κ2) is 5.15. The van der Waals surface area contributed by atoms with Crippen LogP contribution in [0.2, 0.25) is 0 Å². The summed E-state index contributed by atoms with van der Waals surface area (Å²) in [6.07, 6.45) is 4.05. The molecule has 4 rings (SSSR count). The van der Waals surface area contributed by atoms with Gasteiger partial charge < -0.3 is 9.32 Å².